The standard InChI is InChI=1S/C18H26N2O5S/c1-17(2,3)25-16(23)20-14(21)18(4,5)19(15(20)22)11-26-13-10-8-7-9-12(13)24-6/h7-10,14,21H,11H2,1-6H3. The van der Waals surface area contributed by atoms with Crippen LogP contribution in [-0.2, 0) is 4.74 Å². The summed E-state index contributed by atoms with van der Waals surface area (Å²) in [5.74, 6) is 0.953. The number of carbonyl (C=O) groups excluding carboxylic acids is 2. The third kappa shape index (κ3) is 4.07. The first-order valence-electron chi connectivity index (χ1n) is 8.26. The molecular weight excluding hydrogens is 356 g/mol. The van der Waals surface area contributed by atoms with Crippen LogP contribution < -0.4 is 4.74 Å². The number of methoxy groups -OCH3 is 1. The number of urea groups is 1. The van der Waals surface area contributed by atoms with Crippen LogP contribution in [0.1, 0.15) is 34.6 Å². The van der Waals surface area contributed by atoms with Crippen molar-refractivity contribution in [3.8, 4) is 5.75 Å². The predicted octanol–water partition coefficient (Wildman–Crippen LogP) is 3.51. The normalized spacial score (nSPS) is 19.7. The second-order valence-electron chi connectivity index (χ2n) is 7.51. The van der Waals surface area contributed by atoms with Gasteiger partial charge in [0.25, 0.3) is 0 Å². The van der Waals surface area contributed by atoms with Gasteiger partial charge in [-0.3, -0.25) is 0 Å². The number of hydrogen-bond donors (Lipinski definition) is 1. The van der Waals surface area contributed by atoms with Crippen LogP contribution in [0.5, 0.6) is 5.75 Å². The molecule has 8 heteroatoms. The van der Waals surface area contributed by atoms with Gasteiger partial charge in [-0.2, -0.15) is 4.90 Å². The molecule has 0 aromatic heterocycles. The Morgan fingerprint density at radius 2 is 1.92 bits per heavy atom. The Bertz CT molecular complexity index is 686. The lowest BCUT2D eigenvalue weighted by Crippen LogP contribution is -2.48. The Labute approximate surface area is 158 Å². The lowest BCUT2D eigenvalue weighted by molar-refractivity contribution is -0.0249. The van der Waals surface area contributed by atoms with Crippen LogP contribution >= 0.6 is 11.8 Å². The van der Waals surface area contributed by atoms with Crippen molar-refractivity contribution in [3.05, 3.63) is 24.3 Å². The lowest BCUT2D eigenvalue weighted by atomic mass is 10.0. The van der Waals surface area contributed by atoms with Crippen LogP contribution in [0.15, 0.2) is 29.2 Å². The van der Waals surface area contributed by atoms with E-state index in [4.69, 9.17) is 9.47 Å². The molecule has 1 aromatic rings. The molecule has 1 aliphatic rings. The molecule has 3 amide bonds. The number of amides is 3. The van der Waals surface area contributed by atoms with E-state index in [9.17, 15) is 14.7 Å². The van der Waals surface area contributed by atoms with E-state index in [0.29, 0.717) is 5.75 Å². The Kier molecular flexibility index (Phi) is 5.77. The molecule has 144 valence electrons. The largest absolute Gasteiger partial charge is 0.496 e. The van der Waals surface area contributed by atoms with E-state index in [-0.39, 0.29) is 5.88 Å². The van der Waals surface area contributed by atoms with Crippen molar-refractivity contribution in [3.63, 3.8) is 0 Å². The van der Waals surface area contributed by atoms with E-state index in [0.717, 1.165) is 9.80 Å². The zero-order chi connectivity index (χ0) is 19.7. The van der Waals surface area contributed by atoms with Crippen LogP contribution in [-0.4, -0.2) is 57.4 Å². The topological polar surface area (TPSA) is 79.3 Å². The van der Waals surface area contributed by atoms with Gasteiger partial charge >= 0.3 is 12.1 Å². The van der Waals surface area contributed by atoms with Crippen LogP contribution in [0.3, 0.4) is 0 Å². The van der Waals surface area contributed by atoms with Gasteiger partial charge in [0.05, 0.1) is 23.4 Å². The molecule has 0 saturated carbocycles. The minimum atomic E-state index is -1.30. The van der Waals surface area contributed by atoms with Crippen molar-refractivity contribution >= 4 is 23.9 Å². The molecule has 1 saturated heterocycles. The first kappa shape index (κ1) is 20.4. The summed E-state index contributed by atoms with van der Waals surface area (Å²) in [7, 11) is 1.58. The minimum Gasteiger partial charge on any atom is -0.496 e. The van der Waals surface area contributed by atoms with E-state index < -0.39 is 29.5 Å². The molecule has 7 nitrogen and oxygen atoms in total. The Balaban J connectivity index is 2.18. The third-order valence-electron chi connectivity index (χ3n) is 4.02. The van der Waals surface area contributed by atoms with Crippen molar-refractivity contribution in [2.45, 2.75) is 56.9 Å². The average Bonchev–Trinajstić information content (AvgIpc) is 2.69. The quantitative estimate of drug-likeness (QED) is 0.803. The van der Waals surface area contributed by atoms with Crippen molar-refractivity contribution in [2.24, 2.45) is 0 Å². The molecule has 1 atom stereocenters. The summed E-state index contributed by atoms with van der Waals surface area (Å²) < 4.78 is 10.6. The number of thioether (sulfide) groups is 1. The molecule has 1 N–H and O–H groups in total. The van der Waals surface area contributed by atoms with Crippen molar-refractivity contribution in [1.82, 2.24) is 9.80 Å². The highest BCUT2D eigenvalue weighted by atomic mass is 32.2. The summed E-state index contributed by atoms with van der Waals surface area (Å²) in [6, 6.07) is 6.88. The molecular formula is C18H26N2O5S. The average molecular weight is 382 g/mol. The zero-order valence-electron chi connectivity index (χ0n) is 16.0. The fourth-order valence-electron chi connectivity index (χ4n) is 2.52. The Hall–Kier alpha value is -1.93. The predicted molar refractivity (Wildman–Crippen MR) is 99.1 cm³/mol. The van der Waals surface area contributed by atoms with Crippen LogP contribution in [0.25, 0.3) is 0 Å². The van der Waals surface area contributed by atoms with Gasteiger partial charge in [0.15, 0.2) is 6.23 Å². The van der Waals surface area contributed by atoms with Crippen molar-refractivity contribution < 1.29 is 24.2 Å². The van der Waals surface area contributed by atoms with E-state index in [2.05, 4.69) is 0 Å². The van der Waals surface area contributed by atoms with E-state index in [1.165, 1.54) is 16.7 Å². The van der Waals surface area contributed by atoms with Gasteiger partial charge in [0.2, 0.25) is 0 Å². The van der Waals surface area contributed by atoms with Gasteiger partial charge < -0.3 is 19.5 Å². The van der Waals surface area contributed by atoms with Crippen molar-refractivity contribution in [1.29, 1.82) is 0 Å². The molecule has 0 radical (unpaired) electrons. The maximum absolute atomic E-state index is 12.8. The van der Waals surface area contributed by atoms with Gasteiger partial charge in [0, 0.05) is 0 Å². The Morgan fingerprint density at radius 3 is 2.50 bits per heavy atom. The van der Waals surface area contributed by atoms with Gasteiger partial charge in [-0.15, -0.1) is 11.8 Å². The number of hydrogen-bond acceptors (Lipinski definition) is 6. The molecule has 1 fully saturated rings. The first-order valence-corrected chi connectivity index (χ1v) is 9.25. The maximum Gasteiger partial charge on any atom is 0.420 e. The zero-order valence-corrected chi connectivity index (χ0v) is 16.8. The molecule has 0 aliphatic carbocycles. The monoisotopic (exact) mass is 382 g/mol. The molecule has 1 aliphatic heterocycles. The van der Waals surface area contributed by atoms with Crippen LogP contribution in [0, 0.1) is 0 Å². The fourth-order valence-corrected chi connectivity index (χ4v) is 3.70. The molecule has 1 unspecified atom stereocenters. The summed E-state index contributed by atoms with van der Waals surface area (Å²) in [6.45, 7) is 8.54. The number of imide groups is 1. The highest BCUT2D eigenvalue weighted by Crippen LogP contribution is 2.37. The number of rotatable bonds is 4. The number of ether oxygens (including phenoxy) is 2. The second kappa shape index (κ2) is 7.36. The number of para-hydroxylation sites is 1. The summed E-state index contributed by atoms with van der Waals surface area (Å²) in [6.07, 6.45) is -2.16. The molecule has 1 aromatic carbocycles. The van der Waals surface area contributed by atoms with Crippen LogP contribution in [0.2, 0.25) is 0 Å². The molecule has 26 heavy (non-hydrogen) atoms. The van der Waals surface area contributed by atoms with E-state index in [1.54, 1.807) is 41.7 Å². The molecule has 1 heterocycles. The SMILES string of the molecule is COc1ccccc1SCN1C(=O)N(C(=O)OC(C)(C)C)C(O)C1(C)C. The maximum atomic E-state index is 12.8. The fraction of sp³-hybridized carbons (Fsp3) is 0.556. The van der Waals surface area contributed by atoms with Crippen molar-refractivity contribution in [2.75, 3.05) is 13.0 Å². The molecule has 0 bridgehead atoms. The summed E-state index contributed by atoms with van der Waals surface area (Å²) in [5, 5.41) is 10.6. The first-order chi connectivity index (χ1) is 12.0. The molecule has 2 rings (SSSR count). The smallest absolute Gasteiger partial charge is 0.420 e. The number of aliphatic hydroxyl groups excluding tert-OH is 1. The minimum absolute atomic E-state index is 0.253. The second-order valence-corrected chi connectivity index (χ2v) is 8.50. The third-order valence-corrected chi connectivity index (χ3v) is 5.05. The number of benzene rings is 1. The lowest BCUT2D eigenvalue weighted by Gasteiger charge is -2.31. The Morgan fingerprint density at radius 1 is 1.31 bits per heavy atom. The van der Waals surface area contributed by atoms with Gasteiger partial charge in [-0.25, -0.2) is 9.59 Å². The van der Waals surface area contributed by atoms with Gasteiger partial charge in [-0.05, 0) is 46.8 Å². The highest BCUT2D eigenvalue weighted by molar-refractivity contribution is 7.99. The van der Waals surface area contributed by atoms with Crippen LogP contribution in [0.4, 0.5) is 9.59 Å². The van der Waals surface area contributed by atoms with E-state index in [1.807, 2.05) is 24.3 Å². The summed E-state index contributed by atoms with van der Waals surface area (Å²) >= 11 is 1.39. The summed E-state index contributed by atoms with van der Waals surface area (Å²) in [4.78, 5) is 28.2. The number of nitrogens with zero attached hydrogens (tertiary/aromatic N) is 2. The highest BCUT2D eigenvalue weighted by Gasteiger charge is 2.54. The number of aliphatic hydroxyl groups is 1. The van der Waals surface area contributed by atoms with Gasteiger partial charge in [0.1, 0.15) is 11.4 Å². The van der Waals surface area contributed by atoms with E-state index >= 15 is 0 Å². The van der Waals surface area contributed by atoms with Gasteiger partial charge in [-0.1, -0.05) is 12.1 Å². The molecule has 0 spiro atoms. The number of carbonyl (C=O) groups is 2. The summed E-state index contributed by atoms with van der Waals surface area (Å²) in [5.41, 5.74) is -1.72.